The van der Waals surface area contributed by atoms with Gasteiger partial charge in [0.2, 0.25) is 5.91 Å². The van der Waals surface area contributed by atoms with Crippen molar-refractivity contribution in [2.45, 2.75) is 25.4 Å². The van der Waals surface area contributed by atoms with Gasteiger partial charge >= 0.3 is 0 Å². The molecule has 3 heterocycles. The lowest BCUT2D eigenvalue weighted by molar-refractivity contribution is -0.115. The highest BCUT2D eigenvalue weighted by molar-refractivity contribution is 9.10. The molecule has 1 amide bonds. The summed E-state index contributed by atoms with van der Waals surface area (Å²) in [5.41, 5.74) is 4.42. The quantitative estimate of drug-likeness (QED) is 0.257. The molecule has 0 spiro atoms. The van der Waals surface area contributed by atoms with Crippen LogP contribution >= 0.6 is 28.1 Å². The second-order valence-corrected chi connectivity index (χ2v) is 9.87. The number of aromatic nitrogens is 2. The largest absolute Gasteiger partial charge is 0.494 e. The fourth-order valence-electron chi connectivity index (χ4n) is 4.60. The van der Waals surface area contributed by atoms with Crippen LogP contribution in [-0.2, 0) is 4.79 Å². The molecule has 2 N–H and O–H groups in total. The molecule has 188 valence electrons. The van der Waals surface area contributed by atoms with Gasteiger partial charge in [-0.25, -0.2) is 0 Å². The molecular formula is C28H26BrN5O2S. The Labute approximate surface area is 229 Å². The monoisotopic (exact) mass is 575 g/mol. The number of methoxy groups -OCH3 is 1. The zero-order valence-electron chi connectivity index (χ0n) is 20.4. The highest BCUT2D eigenvalue weighted by atomic mass is 79.9. The molecule has 9 heteroatoms. The molecule has 2 aromatic heterocycles. The number of carbonyl (C=O) groups is 1. The van der Waals surface area contributed by atoms with Crippen LogP contribution in [0.5, 0.6) is 5.75 Å². The summed E-state index contributed by atoms with van der Waals surface area (Å²) in [6.07, 6.45) is 4.23. The van der Waals surface area contributed by atoms with E-state index in [-0.39, 0.29) is 18.0 Å². The van der Waals surface area contributed by atoms with Crippen LogP contribution in [0.2, 0.25) is 0 Å². The molecule has 1 aliphatic rings. The van der Waals surface area contributed by atoms with E-state index in [2.05, 4.69) is 65.4 Å². The first kappa shape index (κ1) is 25.0. The van der Waals surface area contributed by atoms with Crippen molar-refractivity contribution in [3.63, 3.8) is 0 Å². The minimum atomic E-state index is -0.211. The van der Waals surface area contributed by atoms with Gasteiger partial charge in [-0.05, 0) is 66.8 Å². The fourth-order valence-corrected chi connectivity index (χ4v) is 5.33. The normalized spacial score (nSPS) is 16.9. The van der Waals surface area contributed by atoms with Gasteiger partial charge in [0, 0.05) is 46.4 Å². The first-order valence-electron chi connectivity index (χ1n) is 11.9. The Hall–Kier alpha value is -3.69. The molecule has 1 fully saturated rings. The van der Waals surface area contributed by atoms with Crippen LogP contribution in [0.4, 0.5) is 11.4 Å². The molecule has 2 atom stereocenters. The van der Waals surface area contributed by atoms with Crippen LogP contribution in [0.1, 0.15) is 36.8 Å². The van der Waals surface area contributed by atoms with E-state index < -0.39 is 0 Å². The van der Waals surface area contributed by atoms with Gasteiger partial charge in [0.25, 0.3) is 0 Å². The van der Waals surface area contributed by atoms with E-state index in [0.29, 0.717) is 23.0 Å². The highest BCUT2D eigenvalue weighted by Gasteiger charge is 2.42. The van der Waals surface area contributed by atoms with Crippen molar-refractivity contribution in [2.24, 2.45) is 0 Å². The minimum Gasteiger partial charge on any atom is -0.494 e. The average Bonchev–Trinajstić information content (AvgIpc) is 3.53. The number of amides is 1. The van der Waals surface area contributed by atoms with E-state index in [1.165, 1.54) is 0 Å². The maximum absolute atomic E-state index is 12.0. The molecule has 1 saturated heterocycles. The van der Waals surface area contributed by atoms with Gasteiger partial charge in [-0.3, -0.25) is 9.78 Å². The lowest BCUT2D eigenvalue weighted by Crippen LogP contribution is -2.30. The summed E-state index contributed by atoms with van der Waals surface area (Å²) in [5.74, 6) is 0.480. The molecule has 0 bridgehead atoms. The van der Waals surface area contributed by atoms with E-state index in [9.17, 15) is 4.79 Å². The van der Waals surface area contributed by atoms with Crippen molar-refractivity contribution < 1.29 is 9.53 Å². The van der Waals surface area contributed by atoms with Gasteiger partial charge in [-0.1, -0.05) is 35.0 Å². The summed E-state index contributed by atoms with van der Waals surface area (Å²) in [6, 6.07) is 23.5. The van der Waals surface area contributed by atoms with Gasteiger partial charge in [-0.2, -0.15) is 0 Å². The molecule has 7 nitrogen and oxygen atoms in total. The molecule has 0 saturated carbocycles. The van der Waals surface area contributed by atoms with Crippen molar-refractivity contribution in [3.05, 3.63) is 101 Å². The predicted molar refractivity (Wildman–Crippen MR) is 153 cm³/mol. The van der Waals surface area contributed by atoms with Crippen molar-refractivity contribution >= 4 is 50.5 Å². The Bertz CT molecular complexity index is 1440. The lowest BCUT2D eigenvalue weighted by Gasteiger charge is -2.29. The molecule has 2 aromatic carbocycles. The number of hydrogen-bond donors (Lipinski definition) is 2. The standard InChI is InChI=1S/C28H26BrN5O2S/c1-3-25(35)31-21-13-12-20(17-24(21)36-2)34-27(26(32-28(34)37)22-10-4-5-14-30-22)23-11-7-15-33(23)19-9-6-8-18(29)16-19/h4-17,26-27H,3H2,1-2H3,(H,31,35)(H,32,37)/t26-,27+/m0/s1. The number of rotatable bonds is 7. The van der Waals surface area contributed by atoms with Crippen LogP contribution in [0, 0.1) is 0 Å². The molecule has 0 aliphatic carbocycles. The molecule has 0 unspecified atom stereocenters. The second-order valence-electron chi connectivity index (χ2n) is 8.57. The van der Waals surface area contributed by atoms with Gasteiger partial charge in [0.05, 0.1) is 24.5 Å². The predicted octanol–water partition coefficient (Wildman–Crippen LogP) is 6.17. The third-order valence-corrected chi connectivity index (χ3v) is 7.13. The van der Waals surface area contributed by atoms with Crippen molar-refractivity contribution in [2.75, 3.05) is 17.3 Å². The summed E-state index contributed by atoms with van der Waals surface area (Å²) in [5, 5.41) is 6.98. The van der Waals surface area contributed by atoms with Crippen molar-refractivity contribution in [1.82, 2.24) is 14.9 Å². The third-order valence-electron chi connectivity index (χ3n) is 6.33. The third kappa shape index (κ3) is 4.97. The van der Waals surface area contributed by atoms with Gasteiger partial charge < -0.3 is 24.8 Å². The summed E-state index contributed by atoms with van der Waals surface area (Å²) in [7, 11) is 1.59. The Morgan fingerprint density at radius 1 is 1.11 bits per heavy atom. The van der Waals surface area contributed by atoms with E-state index in [1.807, 2.05) is 61.5 Å². The molecule has 37 heavy (non-hydrogen) atoms. The Balaban J connectivity index is 1.63. The highest BCUT2D eigenvalue weighted by Crippen LogP contribution is 2.44. The molecular weight excluding hydrogens is 550 g/mol. The number of anilines is 2. The first-order valence-corrected chi connectivity index (χ1v) is 13.1. The molecule has 1 aliphatic heterocycles. The fraction of sp³-hybridized carbons (Fsp3) is 0.179. The Morgan fingerprint density at radius 2 is 1.97 bits per heavy atom. The maximum atomic E-state index is 12.0. The Morgan fingerprint density at radius 3 is 2.70 bits per heavy atom. The molecule has 5 rings (SSSR count). The van der Waals surface area contributed by atoms with Crippen LogP contribution in [0.15, 0.2) is 89.7 Å². The van der Waals surface area contributed by atoms with Gasteiger partial charge in [0.1, 0.15) is 11.8 Å². The van der Waals surface area contributed by atoms with Crippen LogP contribution in [-0.4, -0.2) is 27.7 Å². The second kappa shape index (κ2) is 10.7. The number of thiocarbonyl (C=S) groups is 1. The molecule has 4 aromatic rings. The molecule has 0 radical (unpaired) electrons. The number of nitrogens with zero attached hydrogens (tertiary/aromatic N) is 3. The number of halogens is 1. The van der Waals surface area contributed by atoms with Gasteiger partial charge in [-0.15, -0.1) is 0 Å². The summed E-state index contributed by atoms with van der Waals surface area (Å²) in [6.45, 7) is 1.81. The van der Waals surface area contributed by atoms with E-state index >= 15 is 0 Å². The maximum Gasteiger partial charge on any atom is 0.224 e. The number of ether oxygens (including phenoxy) is 1. The summed E-state index contributed by atoms with van der Waals surface area (Å²) in [4.78, 5) is 18.8. The number of pyridine rings is 1. The average molecular weight is 577 g/mol. The summed E-state index contributed by atoms with van der Waals surface area (Å²) < 4.78 is 8.81. The first-order chi connectivity index (χ1) is 18.0. The van der Waals surface area contributed by atoms with E-state index in [0.717, 1.165) is 27.2 Å². The lowest BCUT2D eigenvalue weighted by atomic mass is 10.0. The van der Waals surface area contributed by atoms with Crippen LogP contribution < -0.4 is 20.3 Å². The van der Waals surface area contributed by atoms with E-state index in [4.69, 9.17) is 17.0 Å². The zero-order valence-corrected chi connectivity index (χ0v) is 22.8. The number of nitrogens with one attached hydrogen (secondary N) is 2. The number of carbonyl (C=O) groups excluding carboxylic acids is 1. The van der Waals surface area contributed by atoms with Crippen molar-refractivity contribution in [1.29, 1.82) is 0 Å². The minimum absolute atomic E-state index is 0.0793. The smallest absolute Gasteiger partial charge is 0.224 e. The van der Waals surface area contributed by atoms with Crippen LogP contribution in [0.25, 0.3) is 5.69 Å². The summed E-state index contributed by atoms with van der Waals surface area (Å²) >= 11 is 9.49. The number of hydrogen-bond acceptors (Lipinski definition) is 4. The number of benzene rings is 2. The Kier molecular flexibility index (Phi) is 7.25. The topological polar surface area (TPSA) is 71.4 Å². The van der Waals surface area contributed by atoms with Crippen molar-refractivity contribution in [3.8, 4) is 11.4 Å². The SMILES string of the molecule is CCC(=O)Nc1ccc(N2C(=S)N[C@@H](c3ccccn3)[C@H]2c2cccn2-c2cccc(Br)c2)cc1OC. The van der Waals surface area contributed by atoms with E-state index in [1.54, 1.807) is 13.3 Å². The zero-order chi connectivity index (χ0) is 25.9. The van der Waals surface area contributed by atoms with Gasteiger partial charge in [0.15, 0.2) is 5.11 Å². The van der Waals surface area contributed by atoms with Crippen LogP contribution in [0.3, 0.4) is 0 Å².